The van der Waals surface area contributed by atoms with E-state index in [0.29, 0.717) is 13.2 Å². The summed E-state index contributed by atoms with van der Waals surface area (Å²) in [7, 11) is 0. The molecule has 1 atom stereocenters. The first-order valence-corrected chi connectivity index (χ1v) is 4.07. The fourth-order valence-corrected chi connectivity index (χ4v) is 1.47. The van der Waals surface area contributed by atoms with E-state index in [9.17, 15) is 0 Å². The minimum absolute atomic E-state index is 0.0694. The molecule has 60 valence electrons. The number of alkyl halides is 1. The molecule has 0 aromatic heterocycles. The van der Waals surface area contributed by atoms with Crippen LogP contribution >= 0.6 is 11.6 Å². The van der Waals surface area contributed by atoms with Gasteiger partial charge in [-0.2, -0.15) is 0 Å². The summed E-state index contributed by atoms with van der Waals surface area (Å²) in [6.07, 6.45) is 0.817. The summed E-state index contributed by atoms with van der Waals surface area (Å²) in [4.78, 5) is 0. The molecule has 0 aromatic carbocycles. The van der Waals surface area contributed by atoms with Crippen molar-refractivity contribution >= 4 is 11.6 Å². The summed E-state index contributed by atoms with van der Waals surface area (Å²) in [5, 5.41) is -0.0694. The van der Waals surface area contributed by atoms with Gasteiger partial charge < -0.3 is 9.47 Å². The maximum atomic E-state index is 5.89. The Bertz CT molecular complexity index is 108. The summed E-state index contributed by atoms with van der Waals surface area (Å²) >= 11 is 5.89. The molecule has 2 nitrogen and oxygen atoms in total. The van der Waals surface area contributed by atoms with E-state index in [1.165, 1.54) is 0 Å². The smallest absolute Gasteiger partial charge is 0.184 e. The molecule has 1 unspecified atom stereocenters. The Morgan fingerprint density at radius 1 is 1.50 bits per heavy atom. The largest absolute Gasteiger partial charge is 0.346 e. The first-order chi connectivity index (χ1) is 4.71. The molecular weight excluding hydrogens is 152 g/mol. The number of ether oxygens (including phenoxy) is 2. The quantitative estimate of drug-likeness (QED) is 0.580. The van der Waals surface area contributed by atoms with Gasteiger partial charge in [-0.1, -0.05) is 6.92 Å². The van der Waals surface area contributed by atoms with E-state index in [1.807, 2.05) is 13.8 Å². The van der Waals surface area contributed by atoms with Crippen molar-refractivity contribution in [2.75, 3.05) is 13.2 Å². The molecular formula is C7H13ClO2. The van der Waals surface area contributed by atoms with Gasteiger partial charge in [0.25, 0.3) is 0 Å². The lowest BCUT2D eigenvalue weighted by Gasteiger charge is -2.28. The van der Waals surface area contributed by atoms with Gasteiger partial charge in [-0.05, 0) is 6.92 Å². The highest BCUT2D eigenvalue weighted by Gasteiger charge is 2.39. The lowest BCUT2D eigenvalue weighted by molar-refractivity contribution is -0.157. The van der Waals surface area contributed by atoms with Crippen molar-refractivity contribution in [1.29, 1.82) is 0 Å². The van der Waals surface area contributed by atoms with Crippen molar-refractivity contribution in [1.82, 2.24) is 0 Å². The predicted molar refractivity (Wildman–Crippen MR) is 40.2 cm³/mol. The SMILES string of the molecule is CCC1(C(C)Cl)OCCO1. The van der Waals surface area contributed by atoms with Gasteiger partial charge in [-0.25, -0.2) is 0 Å². The topological polar surface area (TPSA) is 18.5 Å². The molecule has 3 heteroatoms. The van der Waals surface area contributed by atoms with E-state index in [0.717, 1.165) is 6.42 Å². The second-order valence-corrected chi connectivity index (χ2v) is 3.13. The van der Waals surface area contributed by atoms with Crippen LogP contribution in [-0.2, 0) is 9.47 Å². The molecule has 1 aliphatic rings. The first kappa shape index (κ1) is 8.31. The Morgan fingerprint density at radius 2 is 2.00 bits per heavy atom. The minimum atomic E-state index is -0.498. The van der Waals surface area contributed by atoms with Crippen LogP contribution in [-0.4, -0.2) is 24.4 Å². The highest BCUT2D eigenvalue weighted by molar-refractivity contribution is 6.21. The molecule has 1 heterocycles. The zero-order valence-corrected chi connectivity index (χ0v) is 7.15. The summed E-state index contributed by atoms with van der Waals surface area (Å²) < 4.78 is 10.8. The molecule has 0 saturated carbocycles. The van der Waals surface area contributed by atoms with Gasteiger partial charge in [-0.3, -0.25) is 0 Å². The van der Waals surface area contributed by atoms with Crippen molar-refractivity contribution in [3.8, 4) is 0 Å². The van der Waals surface area contributed by atoms with Crippen molar-refractivity contribution in [3.63, 3.8) is 0 Å². The Kier molecular flexibility index (Phi) is 2.55. The predicted octanol–water partition coefficient (Wildman–Crippen LogP) is 1.77. The van der Waals surface area contributed by atoms with E-state index in [-0.39, 0.29) is 5.38 Å². The van der Waals surface area contributed by atoms with Crippen LogP contribution < -0.4 is 0 Å². The molecule has 1 rings (SSSR count). The molecule has 10 heavy (non-hydrogen) atoms. The Balaban J connectivity index is 2.58. The third-order valence-corrected chi connectivity index (χ3v) is 2.21. The average Bonchev–Trinajstić information content (AvgIpc) is 2.35. The Hall–Kier alpha value is 0.210. The number of rotatable bonds is 2. The summed E-state index contributed by atoms with van der Waals surface area (Å²) in [5.41, 5.74) is 0. The van der Waals surface area contributed by atoms with Crippen molar-refractivity contribution in [3.05, 3.63) is 0 Å². The third-order valence-electron chi connectivity index (χ3n) is 1.87. The molecule has 0 aliphatic carbocycles. The standard InChI is InChI=1S/C7H13ClO2/c1-3-7(6(2)8)9-4-5-10-7/h6H,3-5H2,1-2H3. The van der Waals surface area contributed by atoms with Crippen LogP contribution in [0.25, 0.3) is 0 Å². The van der Waals surface area contributed by atoms with E-state index < -0.39 is 5.79 Å². The van der Waals surface area contributed by atoms with E-state index in [1.54, 1.807) is 0 Å². The minimum Gasteiger partial charge on any atom is -0.346 e. The van der Waals surface area contributed by atoms with Crippen LogP contribution in [0, 0.1) is 0 Å². The van der Waals surface area contributed by atoms with Crippen molar-refractivity contribution in [2.24, 2.45) is 0 Å². The summed E-state index contributed by atoms with van der Waals surface area (Å²) in [6.45, 7) is 5.26. The van der Waals surface area contributed by atoms with Crippen molar-refractivity contribution in [2.45, 2.75) is 31.4 Å². The summed E-state index contributed by atoms with van der Waals surface area (Å²) in [5.74, 6) is -0.498. The third kappa shape index (κ3) is 1.29. The van der Waals surface area contributed by atoms with E-state index >= 15 is 0 Å². The zero-order chi connectivity index (χ0) is 7.61. The molecule has 1 fully saturated rings. The molecule has 0 spiro atoms. The fourth-order valence-electron chi connectivity index (χ4n) is 1.19. The fraction of sp³-hybridized carbons (Fsp3) is 1.00. The molecule has 0 radical (unpaired) electrons. The van der Waals surface area contributed by atoms with Crippen LogP contribution in [0.5, 0.6) is 0 Å². The second-order valence-electron chi connectivity index (χ2n) is 2.48. The van der Waals surface area contributed by atoms with Crippen LogP contribution in [0.1, 0.15) is 20.3 Å². The Labute approximate surface area is 66.5 Å². The van der Waals surface area contributed by atoms with Gasteiger partial charge >= 0.3 is 0 Å². The maximum Gasteiger partial charge on any atom is 0.184 e. The average molecular weight is 165 g/mol. The maximum absolute atomic E-state index is 5.89. The molecule has 0 N–H and O–H groups in total. The normalized spacial score (nSPS) is 26.7. The monoisotopic (exact) mass is 164 g/mol. The lowest BCUT2D eigenvalue weighted by atomic mass is 10.1. The van der Waals surface area contributed by atoms with Crippen LogP contribution in [0.3, 0.4) is 0 Å². The highest BCUT2D eigenvalue weighted by Crippen LogP contribution is 2.29. The second kappa shape index (κ2) is 3.07. The zero-order valence-electron chi connectivity index (χ0n) is 6.39. The first-order valence-electron chi connectivity index (χ1n) is 3.63. The molecule has 1 aliphatic heterocycles. The molecule has 1 saturated heterocycles. The van der Waals surface area contributed by atoms with Gasteiger partial charge in [0.05, 0.1) is 18.6 Å². The van der Waals surface area contributed by atoms with Gasteiger partial charge in [0.15, 0.2) is 5.79 Å². The van der Waals surface area contributed by atoms with Crippen LogP contribution in [0.4, 0.5) is 0 Å². The highest BCUT2D eigenvalue weighted by atomic mass is 35.5. The summed E-state index contributed by atoms with van der Waals surface area (Å²) in [6, 6.07) is 0. The van der Waals surface area contributed by atoms with E-state index in [2.05, 4.69) is 0 Å². The van der Waals surface area contributed by atoms with Gasteiger partial charge in [0, 0.05) is 6.42 Å². The van der Waals surface area contributed by atoms with Gasteiger partial charge in [0.1, 0.15) is 0 Å². The van der Waals surface area contributed by atoms with Crippen molar-refractivity contribution < 1.29 is 9.47 Å². The number of hydrogen-bond donors (Lipinski definition) is 0. The Morgan fingerprint density at radius 3 is 2.20 bits per heavy atom. The van der Waals surface area contributed by atoms with Crippen LogP contribution in [0.15, 0.2) is 0 Å². The van der Waals surface area contributed by atoms with Gasteiger partial charge in [0.2, 0.25) is 0 Å². The van der Waals surface area contributed by atoms with E-state index in [4.69, 9.17) is 21.1 Å². The van der Waals surface area contributed by atoms with Crippen LogP contribution in [0.2, 0.25) is 0 Å². The molecule has 0 aromatic rings. The molecule has 0 amide bonds. The van der Waals surface area contributed by atoms with Gasteiger partial charge in [-0.15, -0.1) is 11.6 Å². The lowest BCUT2D eigenvalue weighted by Crippen LogP contribution is -2.37. The molecule has 0 bridgehead atoms. The number of halogens is 1. The number of hydrogen-bond acceptors (Lipinski definition) is 2.